The van der Waals surface area contributed by atoms with Crippen LogP contribution in [-0.4, -0.2) is 45.2 Å². The van der Waals surface area contributed by atoms with Crippen LogP contribution in [-0.2, 0) is 6.54 Å². The van der Waals surface area contributed by atoms with E-state index in [1.54, 1.807) is 44.5 Å². The van der Waals surface area contributed by atoms with Crippen LogP contribution in [0.5, 0.6) is 17.2 Å². The Balaban J connectivity index is 1.85. The number of nitrogens with one attached hydrogen (secondary N) is 3. The van der Waals surface area contributed by atoms with Crippen LogP contribution in [0.4, 0.5) is 0 Å². The zero-order valence-electron chi connectivity index (χ0n) is 16.7. The van der Waals surface area contributed by atoms with Gasteiger partial charge < -0.3 is 29.8 Å². The molecule has 0 unspecified atom stereocenters. The van der Waals surface area contributed by atoms with E-state index < -0.39 is 0 Å². The van der Waals surface area contributed by atoms with Gasteiger partial charge in [-0.3, -0.25) is 9.59 Å². The largest absolute Gasteiger partial charge is 0.496 e. The molecule has 0 spiro atoms. The quantitative estimate of drug-likeness (QED) is 0.569. The molecule has 3 N–H and O–H groups in total. The fourth-order valence-corrected chi connectivity index (χ4v) is 3.10. The number of aromatic amines is 1. The maximum Gasteiger partial charge on any atom is 0.268 e. The molecule has 152 valence electrons. The van der Waals surface area contributed by atoms with E-state index >= 15 is 0 Å². The molecule has 0 aliphatic rings. The molecule has 0 atom stereocenters. The van der Waals surface area contributed by atoms with E-state index in [0.717, 1.165) is 5.56 Å². The van der Waals surface area contributed by atoms with Crippen molar-refractivity contribution in [2.75, 3.05) is 28.4 Å². The molecule has 0 fully saturated rings. The van der Waals surface area contributed by atoms with Gasteiger partial charge in [0.05, 0.1) is 26.8 Å². The van der Waals surface area contributed by atoms with E-state index in [4.69, 9.17) is 14.2 Å². The molecule has 29 heavy (non-hydrogen) atoms. The number of fused-ring (bicyclic) bond motifs is 1. The molecular weight excluding hydrogens is 374 g/mol. The molecule has 3 rings (SSSR count). The molecule has 2 amide bonds. The van der Waals surface area contributed by atoms with Gasteiger partial charge in [-0.25, -0.2) is 0 Å². The van der Waals surface area contributed by atoms with Crippen molar-refractivity contribution in [3.63, 3.8) is 0 Å². The highest BCUT2D eigenvalue weighted by Gasteiger charge is 2.19. The van der Waals surface area contributed by atoms with Crippen molar-refractivity contribution < 1.29 is 23.8 Å². The average Bonchev–Trinajstić information content (AvgIpc) is 3.21. The predicted octanol–water partition coefficient (Wildman–Crippen LogP) is 2.48. The van der Waals surface area contributed by atoms with Crippen molar-refractivity contribution in [1.29, 1.82) is 0 Å². The summed E-state index contributed by atoms with van der Waals surface area (Å²) in [6.45, 7) is 0.274. The minimum atomic E-state index is -0.297. The molecule has 0 radical (unpaired) electrons. The Hall–Kier alpha value is -3.68. The summed E-state index contributed by atoms with van der Waals surface area (Å²) in [4.78, 5) is 27.5. The lowest BCUT2D eigenvalue weighted by Gasteiger charge is -2.11. The number of aromatic nitrogens is 1. The van der Waals surface area contributed by atoms with E-state index in [1.165, 1.54) is 14.2 Å². The van der Waals surface area contributed by atoms with Gasteiger partial charge in [-0.1, -0.05) is 12.1 Å². The fraction of sp³-hybridized carbons (Fsp3) is 0.238. The molecule has 1 heterocycles. The second-order valence-corrected chi connectivity index (χ2v) is 6.25. The first-order valence-corrected chi connectivity index (χ1v) is 8.93. The van der Waals surface area contributed by atoms with Crippen molar-refractivity contribution in [3.8, 4) is 17.2 Å². The van der Waals surface area contributed by atoms with Crippen LogP contribution in [0.25, 0.3) is 10.9 Å². The summed E-state index contributed by atoms with van der Waals surface area (Å²) in [5, 5.41) is 6.13. The SMILES string of the molecule is CNC(=O)c1cccc(CNC(=O)c2cc3c(OC)cc(OC)c(OC)c3[nH]2)c1. The summed E-state index contributed by atoms with van der Waals surface area (Å²) in [6, 6.07) is 10.5. The Labute approximate surface area is 168 Å². The van der Waals surface area contributed by atoms with Gasteiger partial charge in [0.15, 0.2) is 11.5 Å². The first-order chi connectivity index (χ1) is 14.0. The van der Waals surface area contributed by atoms with Gasteiger partial charge in [0.2, 0.25) is 0 Å². The maximum atomic E-state index is 12.7. The summed E-state index contributed by atoms with van der Waals surface area (Å²) in [7, 11) is 6.19. The van der Waals surface area contributed by atoms with E-state index in [0.29, 0.717) is 39.4 Å². The lowest BCUT2D eigenvalue weighted by atomic mass is 10.1. The van der Waals surface area contributed by atoms with Crippen LogP contribution in [0.15, 0.2) is 36.4 Å². The summed E-state index contributed by atoms with van der Waals surface area (Å²) in [5.74, 6) is 1.07. The highest BCUT2D eigenvalue weighted by molar-refractivity contribution is 6.02. The molecule has 0 aliphatic heterocycles. The summed E-state index contributed by atoms with van der Waals surface area (Å²) in [6.07, 6.45) is 0. The van der Waals surface area contributed by atoms with Crippen molar-refractivity contribution >= 4 is 22.7 Å². The number of amides is 2. The van der Waals surface area contributed by atoms with Crippen LogP contribution in [0.2, 0.25) is 0 Å². The lowest BCUT2D eigenvalue weighted by Crippen LogP contribution is -2.23. The summed E-state index contributed by atoms with van der Waals surface area (Å²) in [5.41, 5.74) is 2.31. The second-order valence-electron chi connectivity index (χ2n) is 6.25. The molecule has 0 saturated carbocycles. The fourth-order valence-electron chi connectivity index (χ4n) is 3.10. The molecule has 0 bridgehead atoms. The predicted molar refractivity (Wildman–Crippen MR) is 109 cm³/mol. The second kappa shape index (κ2) is 8.55. The van der Waals surface area contributed by atoms with Gasteiger partial charge >= 0.3 is 0 Å². The summed E-state index contributed by atoms with van der Waals surface area (Å²) < 4.78 is 16.2. The van der Waals surface area contributed by atoms with Gasteiger partial charge in [-0.15, -0.1) is 0 Å². The molecule has 8 heteroatoms. The van der Waals surface area contributed by atoms with E-state index in [1.807, 2.05) is 6.07 Å². The third-order valence-electron chi connectivity index (χ3n) is 4.55. The van der Waals surface area contributed by atoms with Gasteiger partial charge in [0.25, 0.3) is 11.8 Å². The Bertz CT molecular complexity index is 1060. The number of rotatable bonds is 7. The Morgan fingerprint density at radius 3 is 2.38 bits per heavy atom. The van der Waals surface area contributed by atoms with Gasteiger partial charge in [-0.2, -0.15) is 0 Å². The standard InChI is InChI=1S/C21H23N3O5/c1-22-20(25)13-7-5-6-12(8-13)11-23-21(26)15-9-14-16(27-2)10-17(28-3)19(29-4)18(14)24-15/h5-10,24H,11H2,1-4H3,(H,22,25)(H,23,26). The van der Waals surface area contributed by atoms with Gasteiger partial charge in [0.1, 0.15) is 11.4 Å². The van der Waals surface area contributed by atoms with Crippen LogP contribution < -0.4 is 24.8 Å². The number of methoxy groups -OCH3 is 3. The maximum absolute atomic E-state index is 12.7. The molecule has 8 nitrogen and oxygen atoms in total. The van der Waals surface area contributed by atoms with E-state index in [2.05, 4.69) is 15.6 Å². The number of carbonyl (C=O) groups is 2. The zero-order valence-corrected chi connectivity index (χ0v) is 16.7. The zero-order chi connectivity index (χ0) is 21.0. The van der Waals surface area contributed by atoms with Crippen molar-refractivity contribution in [2.45, 2.75) is 6.54 Å². The Kier molecular flexibility index (Phi) is 5.92. The van der Waals surface area contributed by atoms with Crippen LogP contribution in [0, 0.1) is 0 Å². The first-order valence-electron chi connectivity index (χ1n) is 8.93. The monoisotopic (exact) mass is 397 g/mol. The highest BCUT2D eigenvalue weighted by atomic mass is 16.5. The van der Waals surface area contributed by atoms with Crippen molar-refractivity contribution in [1.82, 2.24) is 15.6 Å². The van der Waals surface area contributed by atoms with E-state index in [-0.39, 0.29) is 18.4 Å². The van der Waals surface area contributed by atoms with E-state index in [9.17, 15) is 9.59 Å². The normalized spacial score (nSPS) is 10.5. The summed E-state index contributed by atoms with van der Waals surface area (Å²) >= 11 is 0. The smallest absolute Gasteiger partial charge is 0.268 e. The van der Waals surface area contributed by atoms with Crippen molar-refractivity contribution in [3.05, 3.63) is 53.2 Å². The molecule has 2 aromatic carbocycles. The van der Waals surface area contributed by atoms with Crippen LogP contribution >= 0.6 is 0 Å². The van der Waals surface area contributed by atoms with Crippen LogP contribution in [0.1, 0.15) is 26.4 Å². The van der Waals surface area contributed by atoms with Gasteiger partial charge in [-0.05, 0) is 23.8 Å². The minimum absolute atomic E-state index is 0.179. The number of ether oxygens (including phenoxy) is 3. The average molecular weight is 397 g/mol. The Morgan fingerprint density at radius 2 is 1.72 bits per heavy atom. The molecule has 0 saturated heterocycles. The first kappa shape index (κ1) is 20.1. The number of hydrogen-bond acceptors (Lipinski definition) is 5. The molecule has 0 aliphatic carbocycles. The molecule has 1 aromatic heterocycles. The van der Waals surface area contributed by atoms with Gasteiger partial charge in [0, 0.05) is 30.6 Å². The third-order valence-corrected chi connectivity index (χ3v) is 4.55. The number of benzene rings is 2. The van der Waals surface area contributed by atoms with Crippen LogP contribution in [0.3, 0.4) is 0 Å². The Morgan fingerprint density at radius 1 is 0.966 bits per heavy atom. The molecular formula is C21H23N3O5. The minimum Gasteiger partial charge on any atom is -0.496 e. The number of hydrogen-bond donors (Lipinski definition) is 3. The topological polar surface area (TPSA) is 102 Å². The molecule has 3 aromatic rings. The third kappa shape index (κ3) is 3.96. The highest BCUT2D eigenvalue weighted by Crippen LogP contribution is 2.41. The lowest BCUT2D eigenvalue weighted by molar-refractivity contribution is 0.0945. The number of carbonyl (C=O) groups excluding carboxylic acids is 2. The number of H-pyrrole nitrogens is 1. The van der Waals surface area contributed by atoms with Crippen molar-refractivity contribution in [2.24, 2.45) is 0 Å².